The van der Waals surface area contributed by atoms with Gasteiger partial charge in [0.05, 0.1) is 6.54 Å². The number of carbonyl (C=O) groups is 2. The highest BCUT2D eigenvalue weighted by atomic mass is 35.5. The number of nitrogens with zero attached hydrogens (tertiary/aromatic N) is 3. The van der Waals surface area contributed by atoms with E-state index in [2.05, 4.69) is 10.5 Å². The van der Waals surface area contributed by atoms with Gasteiger partial charge in [0, 0.05) is 48.9 Å². The van der Waals surface area contributed by atoms with E-state index >= 15 is 0 Å². The minimum atomic E-state index is -0.162. The zero-order valence-electron chi connectivity index (χ0n) is 15.4. The standard InChI is InChI=1S/C19H23ClN4O3/c1-13(2)21-18(25)12-23-7-9-24(10-8-23)19(26)16-11-17(27-22-16)14-3-5-15(20)6-4-14/h3-6,11,13H,7-10,12H2,1-2H3,(H,21,25). The molecule has 0 radical (unpaired) electrons. The third kappa shape index (κ3) is 5.08. The van der Waals surface area contributed by atoms with Crippen molar-refractivity contribution in [1.82, 2.24) is 20.3 Å². The number of benzene rings is 1. The van der Waals surface area contributed by atoms with Crippen molar-refractivity contribution >= 4 is 23.4 Å². The first kappa shape index (κ1) is 19.4. The lowest BCUT2D eigenvalue weighted by atomic mass is 10.1. The summed E-state index contributed by atoms with van der Waals surface area (Å²) in [5.41, 5.74) is 1.10. The molecule has 0 aliphatic carbocycles. The number of aromatic nitrogens is 1. The van der Waals surface area contributed by atoms with Crippen molar-refractivity contribution in [3.05, 3.63) is 41.0 Å². The van der Waals surface area contributed by atoms with Crippen LogP contribution in [0.15, 0.2) is 34.9 Å². The number of halogens is 1. The van der Waals surface area contributed by atoms with Crippen molar-refractivity contribution in [2.45, 2.75) is 19.9 Å². The van der Waals surface area contributed by atoms with Gasteiger partial charge in [-0.3, -0.25) is 14.5 Å². The molecule has 27 heavy (non-hydrogen) atoms. The van der Waals surface area contributed by atoms with E-state index in [9.17, 15) is 9.59 Å². The van der Waals surface area contributed by atoms with Gasteiger partial charge in [-0.25, -0.2) is 0 Å². The number of carbonyl (C=O) groups excluding carboxylic acids is 2. The van der Waals surface area contributed by atoms with Crippen molar-refractivity contribution in [1.29, 1.82) is 0 Å². The van der Waals surface area contributed by atoms with Crippen LogP contribution in [0.5, 0.6) is 0 Å². The van der Waals surface area contributed by atoms with Crippen LogP contribution >= 0.6 is 11.6 Å². The third-order valence-electron chi connectivity index (χ3n) is 4.33. The van der Waals surface area contributed by atoms with E-state index in [-0.39, 0.29) is 23.6 Å². The molecule has 7 nitrogen and oxygen atoms in total. The normalized spacial score (nSPS) is 15.2. The van der Waals surface area contributed by atoms with E-state index in [1.165, 1.54) is 0 Å². The van der Waals surface area contributed by atoms with Gasteiger partial charge in [-0.2, -0.15) is 0 Å². The quantitative estimate of drug-likeness (QED) is 0.847. The Bertz CT molecular complexity index is 796. The van der Waals surface area contributed by atoms with Crippen LogP contribution in [-0.2, 0) is 4.79 Å². The summed E-state index contributed by atoms with van der Waals surface area (Å²) in [6.45, 7) is 6.63. The Labute approximate surface area is 163 Å². The topological polar surface area (TPSA) is 78.7 Å². The molecule has 0 saturated carbocycles. The molecule has 0 unspecified atom stereocenters. The Kier molecular flexibility index (Phi) is 6.13. The van der Waals surface area contributed by atoms with Gasteiger partial charge in [-0.15, -0.1) is 0 Å². The Morgan fingerprint density at radius 2 is 1.85 bits per heavy atom. The molecule has 2 aromatic rings. The molecule has 0 atom stereocenters. The van der Waals surface area contributed by atoms with Crippen LogP contribution in [-0.4, -0.2) is 65.5 Å². The lowest BCUT2D eigenvalue weighted by molar-refractivity contribution is -0.123. The van der Waals surface area contributed by atoms with Crippen LogP contribution < -0.4 is 5.32 Å². The maximum Gasteiger partial charge on any atom is 0.276 e. The van der Waals surface area contributed by atoms with Crippen molar-refractivity contribution in [2.24, 2.45) is 0 Å². The smallest absolute Gasteiger partial charge is 0.276 e. The maximum absolute atomic E-state index is 12.7. The molecular weight excluding hydrogens is 368 g/mol. The van der Waals surface area contributed by atoms with Crippen molar-refractivity contribution in [2.75, 3.05) is 32.7 Å². The summed E-state index contributed by atoms with van der Waals surface area (Å²) in [6, 6.07) is 8.93. The first-order valence-electron chi connectivity index (χ1n) is 8.96. The van der Waals surface area contributed by atoms with Gasteiger partial charge >= 0.3 is 0 Å². The van der Waals surface area contributed by atoms with Gasteiger partial charge in [-0.1, -0.05) is 16.8 Å². The van der Waals surface area contributed by atoms with Crippen molar-refractivity contribution in [3.8, 4) is 11.3 Å². The summed E-state index contributed by atoms with van der Waals surface area (Å²) in [4.78, 5) is 28.3. The molecule has 1 aliphatic heterocycles. The minimum absolute atomic E-state index is 0.00823. The third-order valence-corrected chi connectivity index (χ3v) is 4.59. The summed E-state index contributed by atoms with van der Waals surface area (Å²) in [7, 11) is 0. The summed E-state index contributed by atoms with van der Waals surface area (Å²) in [6.07, 6.45) is 0. The minimum Gasteiger partial charge on any atom is -0.355 e. The van der Waals surface area contributed by atoms with Crippen LogP contribution in [0.1, 0.15) is 24.3 Å². The van der Waals surface area contributed by atoms with Gasteiger partial charge in [0.25, 0.3) is 5.91 Å². The largest absolute Gasteiger partial charge is 0.355 e. The van der Waals surface area contributed by atoms with Crippen molar-refractivity contribution < 1.29 is 14.1 Å². The average Bonchev–Trinajstić information content (AvgIpc) is 3.12. The Morgan fingerprint density at radius 1 is 1.19 bits per heavy atom. The average molecular weight is 391 g/mol. The van der Waals surface area contributed by atoms with Crippen LogP contribution in [0.4, 0.5) is 0 Å². The van der Waals surface area contributed by atoms with E-state index in [4.69, 9.17) is 16.1 Å². The molecule has 1 aliphatic rings. The van der Waals surface area contributed by atoms with Crippen LogP contribution in [0.3, 0.4) is 0 Å². The fourth-order valence-electron chi connectivity index (χ4n) is 2.97. The highest BCUT2D eigenvalue weighted by Gasteiger charge is 2.25. The number of hydrogen-bond acceptors (Lipinski definition) is 5. The highest BCUT2D eigenvalue weighted by Crippen LogP contribution is 2.23. The lowest BCUT2D eigenvalue weighted by Gasteiger charge is -2.34. The molecule has 1 saturated heterocycles. The number of rotatable bonds is 5. The van der Waals surface area contributed by atoms with Gasteiger partial charge in [0.2, 0.25) is 5.91 Å². The number of piperazine rings is 1. The van der Waals surface area contributed by atoms with E-state index in [0.29, 0.717) is 43.5 Å². The Balaban J connectivity index is 1.55. The van der Waals surface area contributed by atoms with Crippen LogP contribution in [0, 0.1) is 0 Å². The number of nitrogens with one attached hydrogen (secondary N) is 1. The summed E-state index contributed by atoms with van der Waals surface area (Å²) < 4.78 is 5.31. The molecule has 1 aromatic carbocycles. The zero-order valence-corrected chi connectivity index (χ0v) is 16.2. The van der Waals surface area contributed by atoms with Gasteiger partial charge < -0.3 is 14.7 Å². The molecule has 0 bridgehead atoms. The van der Waals surface area contributed by atoms with E-state index < -0.39 is 0 Å². The predicted octanol–water partition coefficient (Wildman–Crippen LogP) is 2.28. The number of amides is 2. The summed E-state index contributed by atoms with van der Waals surface area (Å²) in [5.74, 6) is 0.373. The van der Waals surface area contributed by atoms with Gasteiger partial charge in [-0.05, 0) is 38.1 Å². The molecular formula is C19H23ClN4O3. The molecule has 1 aromatic heterocycles. The van der Waals surface area contributed by atoms with Crippen LogP contribution in [0.25, 0.3) is 11.3 Å². The zero-order chi connectivity index (χ0) is 19.4. The Hall–Kier alpha value is -2.38. The molecule has 2 heterocycles. The Morgan fingerprint density at radius 3 is 2.48 bits per heavy atom. The van der Waals surface area contributed by atoms with E-state index in [0.717, 1.165) is 5.56 Å². The first-order valence-corrected chi connectivity index (χ1v) is 9.34. The molecule has 8 heteroatoms. The van der Waals surface area contributed by atoms with Gasteiger partial charge in [0.15, 0.2) is 11.5 Å². The molecule has 1 fully saturated rings. The van der Waals surface area contributed by atoms with E-state index in [1.54, 1.807) is 23.1 Å². The van der Waals surface area contributed by atoms with E-state index in [1.807, 2.05) is 30.9 Å². The molecule has 3 rings (SSSR count). The molecule has 144 valence electrons. The monoisotopic (exact) mass is 390 g/mol. The SMILES string of the molecule is CC(C)NC(=O)CN1CCN(C(=O)c2cc(-c3ccc(Cl)cc3)on2)CC1. The van der Waals surface area contributed by atoms with Crippen LogP contribution in [0.2, 0.25) is 5.02 Å². The molecule has 1 N–H and O–H groups in total. The fourth-order valence-corrected chi connectivity index (χ4v) is 3.09. The number of hydrogen-bond donors (Lipinski definition) is 1. The second-order valence-electron chi connectivity index (χ2n) is 6.87. The molecule has 0 spiro atoms. The first-order chi connectivity index (χ1) is 12.9. The predicted molar refractivity (Wildman–Crippen MR) is 103 cm³/mol. The molecule has 2 amide bonds. The maximum atomic E-state index is 12.7. The van der Waals surface area contributed by atoms with Crippen molar-refractivity contribution in [3.63, 3.8) is 0 Å². The fraction of sp³-hybridized carbons (Fsp3) is 0.421. The lowest BCUT2D eigenvalue weighted by Crippen LogP contribution is -2.51. The summed E-state index contributed by atoms with van der Waals surface area (Å²) in [5, 5.41) is 7.43. The van der Waals surface area contributed by atoms with Gasteiger partial charge in [0.1, 0.15) is 0 Å². The second-order valence-corrected chi connectivity index (χ2v) is 7.31. The highest BCUT2D eigenvalue weighted by molar-refractivity contribution is 6.30. The summed E-state index contributed by atoms with van der Waals surface area (Å²) >= 11 is 5.89. The second kappa shape index (κ2) is 8.54.